The third-order valence-electron chi connectivity index (χ3n) is 5.51. The summed E-state index contributed by atoms with van der Waals surface area (Å²) in [4.78, 5) is 38.5. The molecule has 0 saturated carbocycles. The number of aromatic nitrogens is 1. The molecule has 6 nitrogen and oxygen atoms in total. The Morgan fingerprint density at radius 2 is 1.42 bits per heavy atom. The van der Waals surface area contributed by atoms with E-state index in [2.05, 4.69) is 5.32 Å². The zero-order chi connectivity index (χ0) is 23.5. The van der Waals surface area contributed by atoms with Crippen molar-refractivity contribution in [2.24, 2.45) is 7.05 Å². The quantitative estimate of drug-likeness (QED) is 0.460. The highest BCUT2D eigenvalue weighted by molar-refractivity contribution is 6.07. The van der Waals surface area contributed by atoms with Crippen LogP contribution >= 0.6 is 0 Å². The number of carbonyl (C=O) groups is 2. The van der Waals surface area contributed by atoms with Gasteiger partial charge in [-0.1, -0.05) is 65.7 Å². The van der Waals surface area contributed by atoms with Gasteiger partial charge in [0, 0.05) is 23.7 Å². The van der Waals surface area contributed by atoms with Crippen molar-refractivity contribution in [3.63, 3.8) is 0 Å². The Balaban J connectivity index is 1.69. The lowest BCUT2D eigenvalue weighted by molar-refractivity contribution is -0.119. The molecule has 0 unspecified atom stereocenters. The van der Waals surface area contributed by atoms with E-state index in [9.17, 15) is 14.4 Å². The number of pyridine rings is 1. The van der Waals surface area contributed by atoms with Crippen LogP contribution in [0.4, 0.5) is 5.69 Å². The van der Waals surface area contributed by atoms with Crippen molar-refractivity contribution in [2.45, 2.75) is 13.8 Å². The largest absolute Gasteiger partial charge is 0.451 e. The first-order valence-electron chi connectivity index (χ1n) is 10.6. The molecule has 1 aromatic heterocycles. The summed E-state index contributed by atoms with van der Waals surface area (Å²) in [7, 11) is 1.54. The second-order valence-electron chi connectivity index (χ2n) is 7.99. The summed E-state index contributed by atoms with van der Waals surface area (Å²) in [6, 6.07) is 22.2. The molecule has 0 spiro atoms. The van der Waals surface area contributed by atoms with Gasteiger partial charge in [-0.3, -0.25) is 9.59 Å². The van der Waals surface area contributed by atoms with Gasteiger partial charge >= 0.3 is 5.97 Å². The topological polar surface area (TPSA) is 77.4 Å². The predicted octanol–water partition coefficient (Wildman–Crippen LogP) is 4.62. The Morgan fingerprint density at radius 1 is 0.848 bits per heavy atom. The van der Waals surface area contributed by atoms with Crippen LogP contribution in [-0.2, 0) is 16.6 Å². The number of carbonyl (C=O) groups excluding carboxylic acids is 2. The summed E-state index contributed by atoms with van der Waals surface area (Å²) in [5.41, 5.74) is 3.92. The van der Waals surface area contributed by atoms with Crippen LogP contribution in [0, 0.1) is 13.8 Å². The lowest BCUT2D eigenvalue weighted by Gasteiger charge is -2.17. The maximum atomic E-state index is 13.2. The second kappa shape index (κ2) is 9.12. The predicted molar refractivity (Wildman–Crippen MR) is 129 cm³/mol. The maximum absolute atomic E-state index is 13.2. The lowest BCUT2D eigenvalue weighted by Crippen LogP contribution is -2.28. The highest BCUT2D eigenvalue weighted by Crippen LogP contribution is 2.31. The number of anilines is 1. The van der Waals surface area contributed by atoms with Gasteiger partial charge in [0.05, 0.1) is 0 Å². The molecule has 166 valence electrons. The average Bonchev–Trinajstić information content (AvgIpc) is 2.82. The highest BCUT2D eigenvalue weighted by Gasteiger charge is 2.23. The van der Waals surface area contributed by atoms with E-state index in [4.69, 9.17) is 4.74 Å². The summed E-state index contributed by atoms with van der Waals surface area (Å²) in [6.07, 6.45) is 0. The first-order chi connectivity index (χ1) is 15.8. The molecule has 4 rings (SSSR count). The van der Waals surface area contributed by atoms with Crippen molar-refractivity contribution >= 4 is 28.3 Å². The van der Waals surface area contributed by atoms with Gasteiger partial charge in [0.1, 0.15) is 5.69 Å². The molecule has 0 saturated heterocycles. The number of fused-ring (bicyclic) bond motifs is 1. The normalized spacial score (nSPS) is 10.8. The SMILES string of the molecule is Cc1ccc(NC(=O)COC(=O)c2c(-c3ccc(C)cc3)c3ccccc3c(=O)n2C)cc1. The molecule has 1 amide bonds. The number of aryl methyl sites for hydroxylation is 2. The van der Waals surface area contributed by atoms with Gasteiger partial charge in [0.2, 0.25) is 0 Å². The van der Waals surface area contributed by atoms with Crippen LogP contribution in [0.25, 0.3) is 21.9 Å². The molecule has 4 aromatic rings. The molecular formula is C27H24N2O4. The van der Waals surface area contributed by atoms with E-state index < -0.39 is 18.5 Å². The number of hydrogen-bond donors (Lipinski definition) is 1. The highest BCUT2D eigenvalue weighted by atomic mass is 16.5. The van der Waals surface area contributed by atoms with Crippen LogP contribution < -0.4 is 10.9 Å². The molecule has 1 heterocycles. The number of nitrogens with zero attached hydrogens (tertiary/aromatic N) is 1. The standard InChI is InChI=1S/C27H24N2O4/c1-17-8-12-19(13-9-17)24-21-6-4-5-7-22(21)26(31)29(3)25(24)27(32)33-16-23(30)28-20-14-10-18(2)11-15-20/h4-15H,16H2,1-3H3,(H,28,30). The Hall–Kier alpha value is -4.19. The zero-order valence-corrected chi connectivity index (χ0v) is 18.7. The zero-order valence-electron chi connectivity index (χ0n) is 18.7. The first-order valence-corrected chi connectivity index (χ1v) is 10.6. The number of rotatable bonds is 5. The Labute approximate surface area is 191 Å². The number of nitrogens with one attached hydrogen (secondary N) is 1. The molecular weight excluding hydrogens is 416 g/mol. The van der Waals surface area contributed by atoms with E-state index in [0.29, 0.717) is 22.0 Å². The fourth-order valence-corrected chi connectivity index (χ4v) is 3.75. The van der Waals surface area contributed by atoms with Crippen LogP contribution in [0.3, 0.4) is 0 Å². The van der Waals surface area contributed by atoms with E-state index in [-0.39, 0.29) is 11.3 Å². The van der Waals surface area contributed by atoms with Crippen LogP contribution in [0.2, 0.25) is 0 Å². The Bertz CT molecular complexity index is 1400. The number of amides is 1. The third kappa shape index (κ3) is 4.55. The Morgan fingerprint density at radius 3 is 2.06 bits per heavy atom. The number of hydrogen-bond acceptors (Lipinski definition) is 4. The van der Waals surface area contributed by atoms with Crippen LogP contribution in [0.1, 0.15) is 21.6 Å². The van der Waals surface area contributed by atoms with E-state index in [0.717, 1.165) is 16.7 Å². The molecule has 33 heavy (non-hydrogen) atoms. The summed E-state index contributed by atoms with van der Waals surface area (Å²) in [6.45, 7) is 3.46. The van der Waals surface area contributed by atoms with Gasteiger partial charge in [-0.2, -0.15) is 0 Å². The summed E-state index contributed by atoms with van der Waals surface area (Å²) >= 11 is 0. The third-order valence-corrected chi connectivity index (χ3v) is 5.51. The lowest BCUT2D eigenvalue weighted by atomic mass is 9.96. The van der Waals surface area contributed by atoms with Crippen molar-refractivity contribution in [1.82, 2.24) is 4.57 Å². The van der Waals surface area contributed by atoms with E-state index in [1.807, 2.05) is 62.4 Å². The molecule has 0 atom stereocenters. The minimum absolute atomic E-state index is 0.102. The van der Waals surface area contributed by atoms with Crippen molar-refractivity contribution < 1.29 is 14.3 Å². The molecule has 0 aliphatic heterocycles. The molecule has 0 bridgehead atoms. The van der Waals surface area contributed by atoms with Crippen molar-refractivity contribution in [3.8, 4) is 11.1 Å². The van der Waals surface area contributed by atoms with Crippen molar-refractivity contribution in [2.75, 3.05) is 11.9 Å². The summed E-state index contributed by atoms with van der Waals surface area (Å²) < 4.78 is 6.64. The molecule has 0 aliphatic rings. The first kappa shape index (κ1) is 22.0. The minimum atomic E-state index is -0.741. The van der Waals surface area contributed by atoms with Crippen LogP contribution in [-0.4, -0.2) is 23.1 Å². The fraction of sp³-hybridized carbons (Fsp3) is 0.148. The summed E-state index contributed by atoms with van der Waals surface area (Å²) in [5, 5.41) is 3.86. The number of benzene rings is 3. The Kier molecular flexibility index (Phi) is 6.09. The summed E-state index contributed by atoms with van der Waals surface area (Å²) in [5.74, 6) is -1.20. The molecule has 6 heteroatoms. The number of ether oxygens (including phenoxy) is 1. The maximum Gasteiger partial charge on any atom is 0.356 e. The second-order valence-corrected chi connectivity index (χ2v) is 7.99. The van der Waals surface area contributed by atoms with E-state index >= 15 is 0 Å². The van der Waals surface area contributed by atoms with Crippen LogP contribution in [0.5, 0.6) is 0 Å². The van der Waals surface area contributed by atoms with Crippen LogP contribution in [0.15, 0.2) is 77.6 Å². The molecule has 3 aromatic carbocycles. The van der Waals surface area contributed by atoms with Gasteiger partial charge in [-0.05, 0) is 43.0 Å². The monoisotopic (exact) mass is 440 g/mol. The molecule has 0 radical (unpaired) electrons. The van der Waals surface area contributed by atoms with Gasteiger partial charge in [-0.25, -0.2) is 4.79 Å². The fourth-order valence-electron chi connectivity index (χ4n) is 3.75. The minimum Gasteiger partial charge on any atom is -0.451 e. The van der Waals surface area contributed by atoms with Crippen molar-refractivity contribution in [1.29, 1.82) is 0 Å². The van der Waals surface area contributed by atoms with E-state index in [1.54, 1.807) is 24.3 Å². The molecule has 0 fully saturated rings. The van der Waals surface area contributed by atoms with Gasteiger partial charge in [-0.15, -0.1) is 0 Å². The number of esters is 1. The molecule has 0 aliphatic carbocycles. The van der Waals surface area contributed by atoms with E-state index in [1.165, 1.54) is 11.6 Å². The van der Waals surface area contributed by atoms with Gasteiger partial charge in [0.25, 0.3) is 11.5 Å². The van der Waals surface area contributed by atoms with Gasteiger partial charge < -0.3 is 14.6 Å². The smallest absolute Gasteiger partial charge is 0.356 e. The average molecular weight is 440 g/mol. The van der Waals surface area contributed by atoms with Crippen molar-refractivity contribution in [3.05, 3.63) is 100.0 Å². The van der Waals surface area contributed by atoms with Gasteiger partial charge in [0.15, 0.2) is 6.61 Å². The molecule has 1 N–H and O–H groups in total.